The zero-order valence-corrected chi connectivity index (χ0v) is 17.3. The lowest BCUT2D eigenvalue weighted by Crippen LogP contribution is -2.08. The molecule has 0 amide bonds. The normalized spacial score (nSPS) is 10.6. The van der Waals surface area contributed by atoms with Crippen molar-refractivity contribution >= 4 is 5.97 Å². The third kappa shape index (κ3) is 9.01. The van der Waals surface area contributed by atoms with Crippen LogP contribution in [-0.4, -0.2) is 30.9 Å². The van der Waals surface area contributed by atoms with E-state index < -0.39 is 5.97 Å². The first kappa shape index (κ1) is 22.8. The van der Waals surface area contributed by atoms with E-state index in [-0.39, 0.29) is 6.61 Å². The quantitative estimate of drug-likeness (QED) is 0.261. The summed E-state index contributed by atoms with van der Waals surface area (Å²) < 4.78 is 16.8. The summed E-state index contributed by atoms with van der Waals surface area (Å²) in [5.74, 6) is 1.48. The molecule has 0 heterocycles. The molecule has 1 N–H and O–H groups in total. The van der Waals surface area contributed by atoms with E-state index in [9.17, 15) is 4.79 Å². The summed E-state index contributed by atoms with van der Waals surface area (Å²) in [6.45, 7) is 3.68. The van der Waals surface area contributed by atoms with E-state index in [0.29, 0.717) is 30.3 Å². The van der Waals surface area contributed by atoms with Gasteiger partial charge in [0.05, 0.1) is 18.8 Å². The second-order valence-electron chi connectivity index (χ2n) is 6.93. The van der Waals surface area contributed by atoms with E-state index in [1.807, 2.05) is 12.1 Å². The van der Waals surface area contributed by atoms with Gasteiger partial charge in [0, 0.05) is 12.7 Å². The summed E-state index contributed by atoms with van der Waals surface area (Å²) in [5, 5.41) is 8.76. The Hall–Kier alpha value is -2.53. The number of ether oxygens (including phenoxy) is 3. The minimum absolute atomic E-state index is 0.245. The van der Waals surface area contributed by atoms with E-state index in [4.69, 9.17) is 19.3 Å². The molecule has 0 aliphatic carbocycles. The lowest BCUT2D eigenvalue weighted by Gasteiger charge is -2.09. The second-order valence-corrected chi connectivity index (χ2v) is 6.93. The molecule has 0 bridgehead atoms. The van der Waals surface area contributed by atoms with Crippen LogP contribution >= 0.6 is 0 Å². The minimum Gasteiger partial charge on any atom is -0.494 e. The van der Waals surface area contributed by atoms with Crippen LogP contribution in [0.5, 0.6) is 17.2 Å². The number of carbonyl (C=O) groups is 1. The average Bonchev–Trinajstić information content (AvgIpc) is 2.74. The molecule has 0 atom stereocenters. The van der Waals surface area contributed by atoms with Crippen molar-refractivity contribution in [3.63, 3.8) is 0 Å². The van der Waals surface area contributed by atoms with Gasteiger partial charge < -0.3 is 19.3 Å². The summed E-state index contributed by atoms with van der Waals surface area (Å²) >= 11 is 0. The number of aliphatic hydroxyl groups is 1. The molecule has 0 aliphatic rings. The van der Waals surface area contributed by atoms with Gasteiger partial charge in [-0.1, -0.05) is 32.3 Å². The van der Waals surface area contributed by atoms with Crippen molar-refractivity contribution in [2.24, 2.45) is 0 Å². The van der Waals surface area contributed by atoms with Gasteiger partial charge in [-0.3, -0.25) is 0 Å². The molecule has 0 aliphatic heterocycles. The van der Waals surface area contributed by atoms with Gasteiger partial charge in [-0.2, -0.15) is 0 Å². The first-order valence-corrected chi connectivity index (χ1v) is 10.5. The number of carbonyl (C=O) groups excluding carboxylic acids is 1. The fraction of sp³-hybridized carbons (Fsp3) is 0.458. The van der Waals surface area contributed by atoms with E-state index in [0.717, 1.165) is 50.7 Å². The molecule has 0 unspecified atom stereocenters. The van der Waals surface area contributed by atoms with Gasteiger partial charge in [0.15, 0.2) is 0 Å². The van der Waals surface area contributed by atoms with Crippen molar-refractivity contribution in [2.45, 2.75) is 51.9 Å². The highest BCUT2D eigenvalue weighted by molar-refractivity contribution is 5.91. The molecule has 2 rings (SSSR count). The van der Waals surface area contributed by atoms with Crippen LogP contribution in [0.3, 0.4) is 0 Å². The van der Waals surface area contributed by atoms with Crippen molar-refractivity contribution in [2.75, 3.05) is 19.8 Å². The summed E-state index contributed by atoms with van der Waals surface area (Å²) in [4.78, 5) is 12.4. The Bertz CT molecular complexity index is 711. The smallest absolute Gasteiger partial charge is 0.343 e. The maximum absolute atomic E-state index is 12.4. The highest BCUT2D eigenvalue weighted by atomic mass is 16.5. The number of rotatable bonds is 14. The Balaban J connectivity index is 1.78. The van der Waals surface area contributed by atoms with Crippen LogP contribution in [0.4, 0.5) is 0 Å². The van der Waals surface area contributed by atoms with E-state index >= 15 is 0 Å². The fourth-order valence-electron chi connectivity index (χ4n) is 2.78. The van der Waals surface area contributed by atoms with Crippen molar-refractivity contribution in [1.82, 2.24) is 0 Å². The highest BCUT2D eigenvalue weighted by Gasteiger charge is 2.09. The Morgan fingerprint density at radius 1 is 0.793 bits per heavy atom. The first-order valence-electron chi connectivity index (χ1n) is 10.5. The maximum atomic E-state index is 12.4. The zero-order valence-electron chi connectivity index (χ0n) is 17.3. The van der Waals surface area contributed by atoms with Crippen molar-refractivity contribution in [3.05, 3.63) is 54.1 Å². The van der Waals surface area contributed by atoms with E-state index in [1.54, 1.807) is 36.4 Å². The second kappa shape index (κ2) is 13.6. The molecule has 0 saturated carbocycles. The fourth-order valence-corrected chi connectivity index (χ4v) is 2.78. The molecule has 0 spiro atoms. The molecule has 0 saturated heterocycles. The average molecular weight is 401 g/mol. The minimum atomic E-state index is -0.413. The number of benzene rings is 2. The number of hydrogen-bond acceptors (Lipinski definition) is 5. The molecular formula is C24H32O5. The van der Waals surface area contributed by atoms with Gasteiger partial charge in [-0.15, -0.1) is 0 Å². The summed E-state index contributed by atoms with van der Waals surface area (Å²) in [7, 11) is 0. The monoisotopic (exact) mass is 400 g/mol. The molecule has 5 heteroatoms. The van der Waals surface area contributed by atoms with Gasteiger partial charge in [-0.05, 0) is 62.1 Å². The van der Waals surface area contributed by atoms with Crippen LogP contribution in [0.1, 0.15) is 62.2 Å². The van der Waals surface area contributed by atoms with Gasteiger partial charge >= 0.3 is 5.97 Å². The predicted octanol–water partition coefficient (Wildman–Crippen LogP) is 5.41. The van der Waals surface area contributed by atoms with Crippen LogP contribution < -0.4 is 14.2 Å². The van der Waals surface area contributed by atoms with Gasteiger partial charge in [-0.25, -0.2) is 4.79 Å². The molecule has 0 fully saturated rings. The molecule has 0 radical (unpaired) electrons. The lowest BCUT2D eigenvalue weighted by atomic mass is 10.2. The molecular weight excluding hydrogens is 368 g/mol. The van der Waals surface area contributed by atoms with Gasteiger partial charge in [0.1, 0.15) is 17.2 Å². The molecule has 2 aromatic rings. The van der Waals surface area contributed by atoms with Crippen LogP contribution in [0.25, 0.3) is 0 Å². The molecule has 29 heavy (non-hydrogen) atoms. The maximum Gasteiger partial charge on any atom is 0.343 e. The SMILES string of the molecule is CCCCCOc1cccc(OC(=O)c2ccc(OCCCCCCO)cc2)c1. The van der Waals surface area contributed by atoms with E-state index in [1.165, 1.54) is 0 Å². The molecule has 0 aromatic heterocycles. The zero-order chi connectivity index (χ0) is 20.7. The van der Waals surface area contributed by atoms with Gasteiger partial charge in [0.2, 0.25) is 0 Å². The highest BCUT2D eigenvalue weighted by Crippen LogP contribution is 2.21. The number of aliphatic hydroxyl groups excluding tert-OH is 1. The summed E-state index contributed by atoms with van der Waals surface area (Å²) in [6.07, 6.45) is 7.12. The van der Waals surface area contributed by atoms with Crippen molar-refractivity contribution < 1.29 is 24.1 Å². The Kier molecular flexibility index (Phi) is 10.7. The lowest BCUT2D eigenvalue weighted by molar-refractivity contribution is 0.0734. The standard InChI is InChI=1S/C24H32O5/c1-2-3-7-17-28-22-10-9-11-23(19-22)29-24(26)20-12-14-21(15-13-20)27-18-8-5-4-6-16-25/h9-15,19,25H,2-8,16-18H2,1H3. The Morgan fingerprint density at radius 3 is 2.17 bits per heavy atom. The van der Waals surface area contributed by atoms with E-state index in [2.05, 4.69) is 6.92 Å². The molecule has 158 valence electrons. The third-order valence-electron chi connectivity index (χ3n) is 4.44. The van der Waals surface area contributed by atoms with Crippen LogP contribution in [0.15, 0.2) is 48.5 Å². The molecule has 2 aromatic carbocycles. The number of esters is 1. The Labute approximate surface area is 173 Å². The summed E-state index contributed by atoms with van der Waals surface area (Å²) in [5.41, 5.74) is 0.467. The largest absolute Gasteiger partial charge is 0.494 e. The van der Waals surface area contributed by atoms with Crippen LogP contribution in [0.2, 0.25) is 0 Å². The Morgan fingerprint density at radius 2 is 1.45 bits per heavy atom. The van der Waals surface area contributed by atoms with Crippen LogP contribution in [0, 0.1) is 0 Å². The van der Waals surface area contributed by atoms with Gasteiger partial charge in [0.25, 0.3) is 0 Å². The first-order chi connectivity index (χ1) is 14.2. The summed E-state index contributed by atoms with van der Waals surface area (Å²) in [6, 6.07) is 14.1. The molecule has 5 nitrogen and oxygen atoms in total. The van der Waals surface area contributed by atoms with Crippen LogP contribution in [-0.2, 0) is 0 Å². The number of unbranched alkanes of at least 4 members (excludes halogenated alkanes) is 5. The van der Waals surface area contributed by atoms with Crippen molar-refractivity contribution in [1.29, 1.82) is 0 Å². The topological polar surface area (TPSA) is 65.0 Å². The number of hydrogen-bond donors (Lipinski definition) is 1. The predicted molar refractivity (Wildman–Crippen MR) is 114 cm³/mol. The third-order valence-corrected chi connectivity index (χ3v) is 4.44. The van der Waals surface area contributed by atoms with Crippen molar-refractivity contribution in [3.8, 4) is 17.2 Å².